The molecule has 0 nitrogen and oxygen atoms in total. The molecule has 0 aliphatic heterocycles. The van der Waals surface area contributed by atoms with Crippen LogP contribution in [-0.4, -0.2) is 3.23 Å². The van der Waals surface area contributed by atoms with Crippen LogP contribution in [0, 0.1) is 5.92 Å². The minimum absolute atomic E-state index is 0.224. The van der Waals surface area contributed by atoms with Crippen LogP contribution in [0.4, 0.5) is 0 Å². The van der Waals surface area contributed by atoms with Crippen molar-refractivity contribution in [3.05, 3.63) is 12.7 Å². The average molecular weight is 226 g/mol. The maximum absolute atomic E-state index is 3.66. The summed E-state index contributed by atoms with van der Waals surface area (Å²) in [5.74, 6) is 0.646. The third kappa shape index (κ3) is 1.08. The molecular weight excluding hydrogens is 220 g/mol. The van der Waals surface area contributed by atoms with Gasteiger partial charge in [-0.15, -0.1) is 6.58 Å². The fraction of sp³-hybridized carbons (Fsp3) is 0.600. The molecular formula is C5H6Br2. The van der Waals surface area contributed by atoms with Gasteiger partial charge in [-0.1, -0.05) is 37.9 Å². The van der Waals surface area contributed by atoms with Crippen LogP contribution in [0.25, 0.3) is 0 Å². The van der Waals surface area contributed by atoms with Crippen molar-refractivity contribution in [3.8, 4) is 0 Å². The zero-order chi connectivity index (χ0) is 5.49. The summed E-state index contributed by atoms with van der Waals surface area (Å²) in [7, 11) is 0. The normalized spacial score (nSPS) is 34.9. The molecule has 0 aromatic rings. The number of hydrogen-bond donors (Lipinski definition) is 0. The maximum atomic E-state index is 3.66. The number of halogens is 2. The van der Waals surface area contributed by atoms with Crippen LogP contribution >= 0.6 is 31.9 Å². The minimum Gasteiger partial charge on any atom is -0.103 e. The van der Waals surface area contributed by atoms with Gasteiger partial charge < -0.3 is 0 Å². The van der Waals surface area contributed by atoms with Gasteiger partial charge in [0.1, 0.15) is 0 Å². The lowest BCUT2D eigenvalue weighted by molar-refractivity contribution is 1.13. The Morgan fingerprint density at radius 3 is 2.14 bits per heavy atom. The lowest BCUT2D eigenvalue weighted by Crippen LogP contribution is -1.81. The second kappa shape index (κ2) is 1.59. The van der Waals surface area contributed by atoms with E-state index in [4.69, 9.17) is 0 Å². The van der Waals surface area contributed by atoms with Gasteiger partial charge in [-0.3, -0.25) is 0 Å². The van der Waals surface area contributed by atoms with Crippen molar-refractivity contribution in [2.45, 2.75) is 9.65 Å². The van der Waals surface area contributed by atoms with Gasteiger partial charge in [0.25, 0.3) is 0 Å². The molecule has 1 aliphatic carbocycles. The molecule has 0 bridgehead atoms. The zero-order valence-corrected chi connectivity index (χ0v) is 7.00. The SMILES string of the molecule is C=CC1CC1(Br)Br. The van der Waals surface area contributed by atoms with Crippen molar-refractivity contribution >= 4 is 31.9 Å². The van der Waals surface area contributed by atoms with E-state index in [0.717, 1.165) is 0 Å². The van der Waals surface area contributed by atoms with Crippen molar-refractivity contribution in [2.75, 3.05) is 0 Å². The number of rotatable bonds is 1. The third-order valence-corrected chi connectivity index (χ3v) is 2.98. The third-order valence-electron chi connectivity index (χ3n) is 1.16. The first kappa shape index (κ1) is 5.83. The molecule has 0 heterocycles. The highest BCUT2D eigenvalue weighted by molar-refractivity contribution is 9.25. The molecule has 0 saturated heterocycles. The Kier molecular flexibility index (Phi) is 1.32. The van der Waals surface area contributed by atoms with E-state index in [0.29, 0.717) is 5.92 Å². The highest BCUT2D eigenvalue weighted by Crippen LogP contribution is 2.56. The number of alkyl halides is 2. The Labute approximate surface area is 60.2 Å². The molecule has 1 fully saturated rings. The van der Waals surface area contributed by atoms with E-state index in [-0.39, 0.29) is 3.23 Å². The molecule has 1 rings (SSSR count). The first-order valence-corrected chi connectivity index (χ1v) is 3.76. The van der Waals surface area contributed by atoms with Gasteiger partial charge >= 0.3 is 0 Å². The van der Waals surface area contributed by atoms with E-state index in [1.165, 1.54) is 6.42 Å². The molecule has 7 heavy (non-hydrogen) atoms. The Morgan fingerprint density at radius 2 is 2.14 bits per heavy atom. The summed E-state index contributed by atoms with van der Waals surface area (Å²) in [6.07, 6.45) is 3.14. The molecule has 0 N–H and O–H groups in total. The predicted molar refractivity (Wildman–Crippen MR) is 38.9 cm³/mol. The Hall–Kier alpha value is 0.700. The molecule has 1 saturated carbocycles. The van der Waals surface area contributed by atoms with Crippen molar-refractivity contribution in [3.63, 3.8) is 0 Å². The average Bonchev–Trinajstić information content (AvgIpc) is 2.13. The van der Waals surface area contributed by atoms with Crippen LogP contribution in [-0.2, 0) is 0 Å². The van der Waals surface area contributed by atoms with E-state index in [2.05, 4.69) is 38.4 Å². The Bertz CT molecular complexity index is 96.3. The standard InChI is InChI=1S/C5H6Br2/c1-2-4-3-5(4,6)7/h2,4H,1,3H2. The summed E-state index contributed by atoms with van der Waals surface area (Å²) in [4.78, 5) is 0. The Morgan fingerprint density at radius 1 is 1.71 bits per heavy atom. The predicted octanol–water partition coefficient (Wildman–Crippen LogP) is 2.68. The summed E-state index contributed by atoms with van der Waals surface area (Å²) >= 11 is 6.92. The summed E-state index contributed by atoms with van der Waals surface area (Å²) in [5, 5.41) is 0. The molecule has 0 spiro atoms. The van der Waals surface area contributed by atoms with Crippen molar-refractivity contribution < 1.29 is 0 Å². The van der Waals surface area contributed by atoms with Gasteiger partial charge in [-0.25, -0.2) is 0 Å². The van der Waals surface area contributed by atoms with Gasteiger partial charge in [0, 0.05) is 5.92 Å². The van der Waals surface area contributed by atoms with Crippen LogP contribution in [0.5, 0.6) is 0 Å². The quantitative estimate of drug-likeness (QED) is 0.476. The van der Waals surface area contributed by atoms with Gasteiger partial charge in [0.15, 0.2) is 0 Å². The fourth-order valence-corrected chi connectivity index (χ4v) is 1.56. The van der Waals surface area contributed by atoms with E-state index in [1.807, 2.05) is 6.08 Å². The monoisotopic (exact) mass is 224 g/mol. The summed E-state index contributed by atoms with van der Waals surface area (Å²) < 4.78 is 0.224. The lowest BCUT2D eigenvalue weighted by Gasteiger charge is -1.87. The van der Waals surface area contributed by atoms with Crippen molar-refractivity contribution in [1.29, 1.82) is 0 Å². The topological polar surface area (TPSA) is 0 Å². The molecule has 0 radical (unpaired) electrons. The number of hydrogen-bond acceptors (Lipinski definition) is 0. The minimum atomic E-state index is 0.224. The lowest BCUT2D eigenvalue weighted by atomic mass is 10.4. The fourth-order valence-electron chi connectivity index (χ4n) is 0.490. The molecule has 2 heteroatoms. The molecule has 0 amide bonds. The highest BCUT2D eigenvalue weighted by atomic mass is 79.9. The van der Waals surface area contributed by atoms with E-state index < -0.39 is 0 Å². The van der Waals surface area contributed by atoms with Crippen molar-refractivity contribution in [2.24, 2.45) is 5.92 Å². The van der Waals surface area contributed by atoms with Crippen LogP contribution in [0.2, 0.25) is 0 Å². The first-order valence-electron chi connectivity index (χ1n) is 2.17. The molecule has 1 atom stereocenters. The van der Waals surface area contributed by atoms with Gasteiger partial charge in [-0.05, 0) is 6.42 Å². The zero-order valence-electron chi connectivity index (χ0n) is 3.82. The van der Waals surface area contributed by atoms with Gasteiger partial charge in [-0.2, -0.15) is 0 Å². The highest BCUT2D eigenvalue weighted by Gasteiger charge is 2.47. The maximum Gasteiger partial charge on any atom is 0.0874 e. The van der Waals surface area contributed by atoms with E-state index in [1.54, 1.807) is 0 Å². The van der Waals surface area contributed by atoms with Crippen LogP contribution in [0.3, 0.4) is 0 Å². The van der Waals surface area contributed by atoms with E-state index >= 15 is 0 Å². The van der Waals surface area contributed by atoms with E-state index in [9.17, 15) is 0 Å². The first-order chi connectivity index (χ1) is 3.17. The molecule has 1 unspecified atom stereocenters. The number of allylic oxidation sites excluding steroid dienone is 1. The van der Waals surface area contributed by atoms with Gasteiger partial charge in [0.2, 0.25) is 0 Å². The van der Waals surface area contributed by atoms with Crippen LogP contribution < -0.4 is 0 Å². The molecule has 0 aromatic heterocycles. The molecule has 0 aromatic carbocycles. The smallest absolute Gasteiger partial charge is 0.0874 e. The van der Waals surface area contributed by atoms with Crippen LogP contribution in [0.1, 0.15) is 6.42 Å². The van der Waals surface area contributed by atoms with Crippen LogP contribution in [0.15, 0.2) is 12.7 Å². The summed E-state index contributed by atoms with van der Waals surface area (Å²) in [5.41, 5.74) is 0. The Balaban J connectivity index is 2.44. The second-order valence-electron chi connectivity index (χ2n) is 1.81. The largest absolute Gasteiger partial charge is 0.103 e. The molecule has 40 valence electrons. The second-order valence-corrected chi connectivity index (χ2v) is 5.70. The summed E-state index contributed by atoms with van der Waals surface area (Å²) in [6.45, 7) is 3.66. The molecule has 1 aliphatic rings. The van der Waals surface area contributed by atoms with Gasteiger partial charge in [0.05, 0.1) is 3.23 Å². The summed E-state index contributed by atoms with van der Waals surface area (Å²) in [6, 6.07) is 0. The van der Waals surface area contributed by atoms with Crippen molar-refractivity contribution in [1.82, 2.24) is 0 Å².